The molecular weight excluding hydrogens is 322 g/mol. The molecule has 24 heavy (non-hydrogen) atoms. The number of amides is 1. The number of para-hydroxylation sites is 1. The van der Waals surface area contributed by atoms with Gasteiger partial charge in [-0.1, -0.05) is 24.3 Å². The summed E-state index contributed by atoms with van der Waals surface area (Å²) >= 11 is 1.61. The van der Waals surface area contributed by atoms with Crippen LogP contribution in [0, 0.1) is 5.92 Å². The fourth-order valence-corrected chi connectivity index (χ4v) is 4.08. The number of carbonyl (C=O) groups is 1. The third-order valence-corrected chi connectivity index (χ3v) is 5.46. The Morgan fingerprint density at radius 1 is 1.33 bits per heavy atom. The van der Waals surface area contributed by atoms with Crippen LogP contribution in [0.3, 0.4) is 0 Å². The highest BCUT2D eigenvalue weighted by atomic mass is 32.1. The summed E-state index contributed by atoms with van der Waals surface area (Å²) < 4.78 is 1.78. The third-order valence-electron chi connectivity index (χ3n) is 4.39. The second-order valence-electron chi connectivity index (χ2n) is 6.25. The molecule has 1 N–H and O–H groups in total. The molecule has 2 aromatic heterocycles. The van der Waals surface area contributed by atoms with Crippen LogP contribution in [0.15, 0.2) is 24.3 Å². The van der Waals surface area contributed by atoms with Crippen LogP contribution >= 0.6 is 11.3 Å². The predicted molar refractivity (Wildman–Crippen MR) is 94.1 cm³/mol. The molecule has 0 radical (unpaired) electrons. The monoisotopic (exact) mass is 341 g/mol. The summed E-state index contributed by atoms with van der Waals surface area (Å²) in [6, 6.07) is 7.77. The van der Waals surface area contributed by atoms with Gasteiger partial charge >= 0.3 is 0 Å². The van der Waals surface area contributed by atoms with Gasteiger partial charge in [0.1, 0.15) is 5.52 Å². The molecule has 2 heterocycles. The summed E-state index contributed by atoms with van der Waals surface area (Å²) in [7, 11) is 0. The lowest BCUT2D eigenvalue weighted by Gasteiger charge is -2.10. The van der Waals surface area contributed by atoms with Gasteiger partial charge in [0, 0.05) is 4.88 Å². The number of hydrogen-bond acceptors (Lipinski definition) is 5. The van der Waals surface area contributed by atoms with Crippen molar-refractivity contribution in [3.05, 3.63) is 34.8 Å². The molecule has 3 aromatic rings. The molecule has 1 unspecified atom stereocenters. The number of benzene rings is 1. The minimum absolute atomic E-state index is 0.0271. The normalized spacial score (nSPS) is 15.2. The fourth-order valence-electron chi connectivity index (χ4n) is 3.03. The molecular formula is C17H19N5OS. The number of rotatable bonds is 4. The molecule has 0 spiro atoms. The van der Waals surface area contributed by atoms with E-state index in [1.807, 2.05) is 31.2 Å². The van der Waals surface area contributed by atoms with Crippen LogP contribution in [0.5, 0.6) is 0 Å². The minimum Gasteiger partial charge on any atom is -0.302 e. The van der Waals surface area contributed by atoms with E-state index in [0.717, 1.165) is 34.7 Å². The highest BCUT2D eigenvalue weighted by Crippen LogP contribution is 2.29. The van der Waals surface area contributed by atoms with Crippen molar-refractivity contribution in [1.29, 1.82) is 0 Å². The number of nitrogens with one attached hydrogen (secondary N) is 1. The Labute approximate surface area is 143 Å². The smallest absolute Gasteiger partial charge is 0.230 e. The number of carbonyl (C=O) groups excluding carboxylic acids is 1. The summed E-state index contributed by atoms with van der Waals surface area (Å²) in [6.45, 7) is 2.40. The molecule has 0 saturated carbocycles. The van der Waals surface area contributed by atoms with Crippen molar-refractivity contribution in [2.24, 2.45) is 5.92 Å². The van der Waals surface area contributed by atoms with Crippen LogP contribution in [-0.2, 0) is 24.2 Å². The SMILES string of the molecule is CC(Cn1nnc2ccccc21)C(=O)Nc1nc2c(s1)CCCC2. The van der Waals surface area contributed by atoms with Gasteiger partial charge in [0.25, 0.3) is 0 Å². The first-order valence-corrected chi connectivity index (χ1v) is 9.10. The number of nitrogens with zero attached hydrogens (tertiary/aromatic N) is 4. The van der Waals surface area contributed by atoms with Crippen LogP contribution in [0.2, 0.25) is 0 Å². The predicted octanol–water partition coefficient (Wildman–Crippen LogP) is 3.04. The van der Waals surface area contributed by atoms with Crippen molar-refractivity contribution < 1.29 is 4.79 Å². The average molecular weight is 341 g/mol. The Morgan fingerprint density at radius 2 is 2.17 bits per heavy atom. The largest absolute Gasteiger partial charge is 0.302 e. The van der Waals surface area contributed by atoms with Crippen molar-refractivity contribution in [3.63, 3.8) is 0 Å². The fraction of sp³-hybridized carbons (Fsp3) is 0.412. The van der Waals surface area contributed by atoms with Gasteiger partial charge in [-0.2, -0.15) is 0 Å². The zero-order chi connectivity index (χ0) is 16.5. The van der Waals surface area contributed by atoms with Crippen molar-refractivity contribution in [2.75, 3.05) is 5.32 Å². The van der Waals surface area contributed by atoms with Crippen LogP contribution in [0.1, 0.15) is 30.3 Å². The number of aromatic nitrogens is 4. The molecule has 1 aliphatic rings. The van der Waals surface area contributed by atoms with E-state index in [4.69, 9.17) is 0 Å². The highest BCUT2D eigenvalue weighted by molar-refractivity contribution is 7.15. The Bertz CT molecular complexity index is 861. The van der Waals surface area contributed by atoms with E-state index in [2.05, 4.69) is 20.6 Å². The molecule has 1 aromatic carbocycles. The molecule has 1 aliphatic carbocycles. The standard InChI is InChI=1S/C17H19N5OS/c1-11(10-22-14-8-4-2-6-12(14)20-21-22)16(23)19-17-18-13-7-3-5-9-15(13)24-17/h2,4,6,8,11H,3,5,7,9-10H2,1H3,(H,18,19,23). The lowest BCUT2D eigenvalue weighted by molar-refractivity contribution is -0.119. The quantitative estimate of drug-likeness (QED) is 0.791. The van der Waals surface area contributed by atoms with Crippen molar-refractivity contribution >= 4 is 33.4 Å². The summed E-state index contributed by atoms with van der Waals surface area (Å²) in [5, 5.41) is 12.0. The van der Waals surface area contributed by atoms with Crippen LogP contribution < -0.4 is 5.32 Å². The number of aryl methyl sites for hydroxylation is 2. The maximum atomic E-state index is 12.5. The van der Waals surface area contributed by atoms with Gasteiger partial charge in [0.2, 0.25) is 5.91 Å². The average Bonchev–Trinajstić information content (AvgIpc) is 3.18. The zero-order valence-electron chi connectivity index (χ0n) is 13.5. The van der Waals surface area contributed by atoms with E-state index >= 15 is 0 Å². The number of anilines is 1. The Balaban J connectivity index is 1.45. The van der Waals surface area contributed by atoms with Crippen LogP contribution in [0.25, 0.3) is 11.0 Å². The van der Waals surface area contributed by atoms with E-state index in [1.54, 1.807) is 16.0 Å². The van der Waals surface area contributed by atoms with Gasteiger partial charge in [-0.25, -0.2) is 9.67 Å². The number of hydrogen-bond donors (Lipinski definition) is 1. The van der Waals surface area contributed by atoms with Crippen molar-refractivity contribution in [3.8, 4) is 0 Å². The first kappa shape index (κ1) is 15.3. The molecule has 0 bridgehead atoms. The third kappa shape index (κ3) is 2.91. The van der Waals surface area contributed by atoms with E-state index < -0.39 is 0 Å². The van der Waals surface area contributed by atoms with Gasteiger partial charge in [0.05, 0.1) is 23.7 Å². The molecule has 0 saturated heterocycles. The van der Waals surface area contributed by atoms with Gasteiger partial charge in [-0.15, -0.1) is 16.4 Å². The maximum Gasteiger partial charge on any atom is 0.230 e. The van der Waals surface area contributed by atoms with Crippen molar-refractivity contribution in [1.82, 2.24) is 20.0 Å². The maximum absolute atomic E-state index is 12.5. The van der Waals surface area contributed by atoms with Gasteiger partial charge in [0.15, 0.2) is 5.13 Å². The second kappa shape index (κ2) is 6.32. The molecule has 1 atom stereocenters. The van der Waals surface area contributed by atoms with Gasteiger partial charge in [-0.05, 0) is 37.8 Å². The first-order valence-electron chi connectivity index (χ1n) is 8.28. The molecule has 4 rings (SSSR count). The Hall–Kier alpha value is -2.28. The topological polar surface area (TPSA) is 72.7 Å². The molecule has 0 fully saturated rings. The Morgan fingerprint density at radius 3 is 3.04 bits per heavy atom. The first-order chi connectivity index (χ1) is 11.7. The molecule has 6 nitrogen and oxygen atoms in total. The zero-order valence-corrected chi connectivity index (χ0v) is 14.3. The molecule has 124 valence electrons. The lowest BCUT2D eigenvalue weighted by Crippen LogP contribution is -2.24. The molecule has 1 amide bonds. The highest BCUT2D eigenvalue weighted by Gasteiger charge is 2.20. The summed E-state index contributed by atoms with van der Waals surface area (Å²) in [4.78, 5) is 18.4. The van der Waals surface area contributed by atoms with Crippen LogP contribution in [-0.4, -0.2) is 25.9 Å². The second-order valence-corrected chi connectivity index (χ2v) is 7.33. The number of thiazole rings is 1. The van der Waals surface area contributed by atoms with Crippen LogP contribution in [0.4, 0.5) is 5.13 Å². The van der Waals surface area contributed by atoms with Gasteiger partial charge < -0.3 is 5.32 Å². The summed E-state index contributed by atoms with van der Waals surface area (Å²) in [6.07, 6.45) is 4.53. The van der Waals surface area contributed by atoms with Gasteiger partial charge in [-0.3, -0.25) is 4.79 Å². The molecule has 0 aliphatic heterocycles. The molecule has 7 heteroatoms. The summed E-state index contributed by atoms with van der Waals surface area (Å²) in [5.41, 5.74) is 2.95. The van der Waals surface area contributed by atoms with E-state index in [1.165, 1.54) is 17.7 Å². The van der Waals surface area contributed by atoms with E-state index in [9.17, 15) is 4.79 Å². The Kier molecular flexibility index (Phi) is 4.02. The van der Waals surface area contributed by atoms with Crippen molar-refractivity contribution in [2.45, 2.75) is 39.2 Å². The van der Waals surface area contributed by atoms with E-state index in [-0.39, 0.29) is 11.8 Å². The summed E-state index contributed by atoms with van der Waals surface area (Å²) in [5.74, 6) is -0.239. The minimum atomic E-state index is -0.212. The number of fused-ring (bicyclic) bond motifs is 2. The lowest BCUT2D eigenvalue weighted by atomic mass is 10.0. The van der Waals surface area contributed by atoms with E-state index in [0.29, 0.717) is 6.54 Å².